The summed E-state index contributed by atoms with van der Waals surface area (Å²) < 4.78 is 24.4. The summed E-state index contributed by atoms with van der Waals surface area (Å²) in [5, 5.41) is 7.39. The number of hydrogen-bond donors (Lipinski definition) is 1. The van der Waals surface area contributed by atoms with Crippen LogP contribution in [0.1, 0.15) is 6.92 Å². The highest BCUT2D eigenvalue weighted by Crippen LogP contribution is 2.02. The molecule has 0 radical (unpaired) electrons. The zero-order chi connectivity index (χ0) is 9.56. The van der Waals surface area contributed by atoms with E-state index in [9.17, 15) is 8.76 Å². The lowest BCUT2D eigenvalue weighted by molar-refractivity contribution is -0.134. The first kappa shape index (κ1) is 10.9. The van der Waals surface area contributed by atoms with E-state index >= 15 is 0 Å². The Kier molecular flexibility index (Phi) is 4.98. The van der Waals surface area contributed by atoms with Gasteiger partial charge in [0.25, 0.3) is 5.97 Å². The fraction of sp³-hybridized carbons (Fsp3) is 0.167. The molecule has 0 spiro atoms. The van der Waals surface area contributed by atoms with Crippen molar-refractivity contribution in [2.45, 2.75) is 12.0 Å². The van der Waals surface area contributed by atoms with Crippen LogP contribution in [0.2, 0.25) is 0 Å². The lowest BCUT2D eigenvalue weighted by Gasteiger charge is -1.95. The third-order valence-electron chi connectivity index (χ3n) is 0.659. The van der Waals surface area contributed by atoms with E-state index < -0.39 is 17.0 Å². The number of aliphatic carboxylic acids is 1. The average molecular weight is 191 g/mol. The quantitative estimate of drug-likeness (QED) is 0.656. The minimum Gasteiger partial charge on any atom is -0.766 e. The van der Waals surface area contributed by atoms with Crippen LogP contribution in [0.5, 0.6) is 0 Å². The minimum atomic E-state index is -2.21. The Labute approximate surface area is 71.3 Å². The van der Waals surface area contributed by atoms with Crippen molar-refractivity contribution in [1.29, 1.82) is 0 Å². The lowest BCUT2D eigenvalue weighted by Crippen LogP contribution is -1.82. The third kappa shape index (κ3) is 5.63. The van der Waals surface area contributed by atoms with E-state index in [0.717, 1.165) is 6.92 Å². The van der Waals surface area contributed by atoms with Gasteiger partial charge >= 0.3 is 0 Å². The van der Waals surface area contributed by atoms with Gasteiger partial charge in [0.1, 0.15) is 0 Å². The Morgan fingerprint density at radius 2 is 2.25 bits per heavy atom. The minimum absolute atomic E-state index is 0.0231. The molecule has 68 valence electrons. The predicted molar refractivity (Wildman–Crippen MR) is 39.2 cm³/mol. The largest absolute Gasteiger partial charge is 0.766 e. The van der Waals surface area contributed by atoms with Crippen molar-refractivity contribution in [2.75, 3.05) is 0 Å². The zero-order valence-electron chi connectivity index (χ0n) is 6.22. The fourth-order valence-corrected chi connectivity index (χ4v) is 0.682. The molecule has 0 aliphatic carbocycles. The van der Waals surface area contributed by atoms with Crippen LogP contribution in [0.4, 0.5) is 0 Å². The summed E-state index contributed by atoms with van der Waals surface area (Å²) in [6.07, 6.45) is 1.31. The van der Waals surface area contributed by atoms with Gasteiger partial charge in [-0.25, -0.2) is 0 Å². The van der Waals surface area contributed by atoms with Crippen LogP contribution >= 0.6 is 0 Å². The molecule has 0 fully saturated rings. The van der Waals surface area contributed by atoms with Crippen LogP contribution in [0, 0.1) is 0 Å². The second-order valence-electron chi connectivity index (χ2n) is 1.69. The average Bonchev–Trinajstić information content (AvgIpc) is 2.34. The molecule has 5 nitrogen and oxygen atoms in total. The zero-order valence-corrected chi connectivity index (χ0v) is 7.04. The molecule has 1 heterocycles. The summed E-state index contributed by atoms with van der Waals surface area (Å²) in [6.45, 7) is 1.08. The highest BCUT2D eigenvalue weighted by molar-refractivity contribution is 7.79. The van der Waals surface area contributed by atoms with Gasteiger partial charge in [0.15, 0.2) is 5.09 Å². The van der Waals surface area contributed by atoms with E-state index in [1.165, 1.54) is 18.4 Å². The second kappa shape index (κ2) is 5.50. The lowest BCUT2D eigenvalue weighted by atomic mass is 10.7. The fourth-order valence-electron chi connectivity index (χ4n) is 0.358. The standard InChI is InChI=1S/C4H4O3S.C2H4O2/c5-8(6)4-2-1-3-7-4;1-2(3)4/h1-3H,(H,5,6);1H3,(H,3,4)/p-1. The van der Waals surface area contributed by atoms with Crippen molar-refractivity contribution in [3.05, 3.63) is 18.4 Å². The van der Waals surface area contributed by atoms with Crippen LogP contribution in [-0.4, -0.2) is 19.8 Å². The maximum atomic E-state index is 9.97. The summed E-state index contributed by atoms with van der Waals surface area (Å²) in [5.74, 6) is -0.833. The first-order valence-corrected chi connectivity index (χ1v) is 3.94. The maximum absolute atomic E-state index is 9.97. The molecule has 0 aliphatic heterocycles. The predicted octanol–water partition coefficient (Wildman–Crippen LogP) is 0.609. The van der Waals surface area contributed by atoms with E-state index in [4.69, 9.17) is 9.90 Å². The van der Waals surface area contributed by atoms with Gasteiger partial charge < -0.3 is 14.1 Å². The van der Waals surface area contributed by atoms with Crippen molar-refractivity contribution >= 4 is 17.0 Å². The normalized spacial score (nSPS) is 11.2. The number of carbonyl (C=O) groups is 1. The van der Waals surface area contributed by atoms with Gasteiger partial charge in [-0.3, -0.25) is 9.00 Å². The molecule has 1 atom stereocenters. The SMILES string of the molecule is CC(=O)O.O=S([O-])c1ccco1. The van der Waals surface area contributed by atoms with Crippen molar-refractivity contribution in [3.63, 3.8) is 0 Å². The molecule has 1 aromatic heterocycles. The summed E-state index contributed by atoms with van der Waals surface area (Å²) in [7, 11) is 0. The van der Waals surface area contributed by atoms with E-state index in [-0.39, 0.29) is 5.09 Å². The summed E-state index contributed by atoms with van der Waals surface area (Å²) in [4.78, 5) is 9.00. The Bertz CT molecular complexity index is 249. The number of carboxylic acids is 1. The van der Waals surface area contributed by atoms with E-state index in [1.54, 1.807) is 0 Å². The molecule has 0 aromatic carbocycles. The maximum Gasteiger partial charge on any atom is 0.300 e. The number of rotatable bonds is 1. The second-order valence-corrected chi connectivity index (χ2v) is 2.56. The first-order chi connectivity index (χ1) is 5.54. The van der Waals surface area contributed by atoms with Gasteiger partial charge in [0.2, 0.25) is 0 Å². The molecule has 6 heteroatoms. The van der Waals surface area contributed by atoms with E-state index in [1.807, 2.05) is 0 Å². The molecule has 1 rings (SSSR count). The van der Waals surface area contributed by atoms with Crippen LogP contribution in [0.25, 0.3) is 0 Å². The van der Waals surface area contributed by atoms with Gasteiger partial charge in [-0.2, -0.15) is 0 Å². The molecule has 0 saturated carbocycles. The molecule has 0 saturated heterocycles. The first-order valence-electron chi connectivity index (χ1n) is 2.86. The van der Waals surface area contributed by atoms with Gasteiger partial charge in [-0.1, -0.05) is 0 Å². The molecular formula is C6H7O5S-. The highest BCUT2D eigenvalue weighted by atomic mass is 32.2. The Hall–Kier alpha value is -1.14. The van der Waals surface area contributed by atoms with Crippen molar-refractivity contribution in [3.8, 4) is 0 Å². The van der Waals surface area contributed by atoms with Crippen molar-refractivity contribution < 1.29 is 23.1 Å². The highest BCUT2D eigenvalue weighted by Gasteiger charge is 1.89. The molecule has 1 N–H and O–H groups in total. The number of hydrogen-bond acceptors (Lipinski definition) is 4. The Morgan fingerprint density at radius 3 is 2.42 bits per heavy atom. The monoisotopic (exact) mass is 191 g/mol. The molecule has 0 bridgehead atoms. The molecule has 1 aromatic rings. The van der Waals surface area contributed by atoms with E-state index in [0.29, 0.717) is 0 Å². The Morgan fingerprint density at radius 1 is 1.75 bits per heavy atom. The molecule has 1 unspecified atom stereocenters. The molecule has 0 amide bonds. The number of furan rings is 1. The third-order valence-corrected chi connectivity index (χ3v) is 1.22. The van der Waals surface area contributed by atoms with Crippen LogP contribution < -0.4 is 0 Å². The molecular weight excluding hydrogens is 184 g/mol. The smallest absolute Gasteiger partial charge is 0.300 e. The number of carboxylic acid groups (broad SMARTS) is 1. The van der Waals surface area contributed by atoms with Crippen LogP contribution in [0.3, 0.4) is 0 Å². The van der Waals surface area contributed by atoms with Crippen molar-refractivity contribution in [1.82, 2.24) is 0 Å². The van der Waals surface area contributed by atoms with Gasteiger partial charge in [-0.15, -0.1) is 0 Å². The van der Waals surface area contributed by atoms with E-state index in [2.05, 4.69) is 4.42 Å². The van der Waals surface area contributed by atoms with Gasteiger partial charge in [0, 0.05) is 18.0 Å². The van der Waals surface area contributed by atoms with Gasteiger partial charge in [-0.05, 0) is 12.1 Å². The van der Waals surface area contributed by atoms with Crippen LogP contribution in [-0.2, 0) is 15.9 Å². The summed E-state index contributed by atoms with van der Waals surface area (Å²) in [6, 6.07) is 2.90. The summed E-state index contributed by atoms with van der Waals surface area (Å²) >= 11 is -2.21. The molecule has 12 heavy (non-hydrogen) atoms. The van der Waals surface area contributed by atoms with Crippen molar-refractivity contribution in [2.24, 2.45) is 0 Å². The topological polar surface area (TPSA) is 90.6 Å². The summed E-state index contributed by atoms with van der Waals surface area (Å²) in [5.41, 5.74) is 0. The molecule has 0 aliphatic rings. The van der Waals surface area contributed by atoms with Gasteiger partial charge in [0.05, 0.1) is 6.26 Å². The Balaban J connectivity index is 0.000000261. The van der Waals surface area contributed by atoms with Crippen LogP contribution in [0.15, 0.2) is 27.9 Å².